The highest BCUT2D eigenvalue weighted by molar-refractivity contribution is 5.99. The minimum Gasteiger partial charge on any atom is -0.497 e. The van der Waals surface area contributed by atoms with E-state index in [0.29, 0.717) is 17.8 Å². The van der Waals surface area contributed by atoms with Gasteiger partial charge in [0.2, 0.25) is 0 Å². The van der Waals surface area contributed by atoms with E-state index in [1.54, 1.807) is 13.4 Å². The lowest BCUT2D eigenvalue weighted by molar-refractivity contribution is 0.0940. The third kappa shape index (κ3) is 3.78. The number of carbonyl (C=O) groups is 1. The van der Waals surface area contributed by atoms with Gasteiger partial charge in [-0.2, -0.15) is 5.10 Å². The lowest BCUT2D eigenvalue weighted by atomic mass is 10.1. The Labute approximate surface area is 152 Å². The van der Waals surface area contributed by atoms with Crippen LogP contribution < -0.4 is 10.1 Å². The summed E-state index contributed by atoms with van der Waals surface area (Å²) in [6.45, 7) is 0.423. The van der Waals surface area contributed by atoms with Crippen LogP contribution in [-0.2, 0) is 0 Å². The molecule has 0 aliphatic heterocycles. The maximum atomic E-state index is 12.7. The minimum absolute atomic E-state index is 0.0507. The van der Waals surface area contributed by atoms with Crippen LogP contribution in [0.25, 0.3) is 11.3 Å². The number of aromatic nitrogens is 2. The topological polar surface area (TPSA) is 83.4 Å². The number of nitrogens with zero attached hydrogens (tertiary/aromatic N) is 2. The molecule has 3 aromatic rings. The first-order valence-corrected chi connectivity index (χ1v) is 8.26. The zero-order valence-corrected chi connectivity index (χ0v) is 15.0. The second-order valence-electron chi connectivity index (χ2n) is 6.09. The van der Waals surface area contributed by atoms with Crippen molar-refractivity contribution in [2.24, 2.45) is 0 Å². The Morgan fingerprint density at radius 1 is 1.31 bits per heavy atom. The average Bonchev–Trinajstić information content (AvgIpc) is 3.33. The number of benzene rings is 1. The Hall–Kier alpha value is -3.06. The summed E-state index contributed by atoms with van der Waals surface area (Å²) in [5.41, 5.74) is 2.03. The lowest BCUT2D eigenvalue weighted by Gasteiger charge is -2.22. The van der Waals surface area contributed by atoms with Gasteiger partial charge in [-0.1, -0.05) is 0 Å². The van der Waals surface area contributed by atoms with Crippen LogP contribution in [0.15, 0.2) is 53.3 Å². The zero-order chi connectivity index (χ0) is 18.5. The van der Waals surface area contributed by atoms with E-state index in [9.17, 15) is 4.79 Å². The van der Waals surface area contributed by atoms with Gasteiger partial charge in [-0.15, -0.1) is 0 Å². The summed E-state index contributed by atoms with van der Waals surface area (Å²) in [6, 6.07) is 11.1. The molecule has 7 heteroatoms. The van der Waals surface area contributed by atoms with Crippen molar-refractivity contribution in [3.8, 4) is 17.0 Å². The van der Waals surface area contributed by atoms with Crippen LogP contribution in [0.1, 0.15) is 22.2 Å². The van der Waals surface area contributed by atoms with Crippen LogP contribution >= 0.6 is 0 Å². The molecule has 0 radical (unpaired) electrons. The van der Waals surface area contributed by atoms with Crippen LogP contribution in [0.3, 0.4) is 0 Å². The molecule has 2 heterocycles. The predicted molar refractivity (Wildman–Crippen MR) is 98.0 cm³/mol. The molecule has 0 saturated heterocycles. The summed E-state index contributed by atoms with van der Waals surface area (Å²) < 4.78 is 10.6. The van der Waals surface area contributed by atoms with Crippen molar-refractivity contribution in [2.75, 3.05) is 27.7 Å². The summed E-state index contributed by atoms with van der Waals surface area (Å²) in [7, 11) is 5.50. The highest BCUT2D eigenvalue weighted by atomic mass is 16.5. The lowest BCUT2D eigenvalue weighted by Crippen LogP contribution is -2.34. The SMILES string of the molecule is COc1ccc(-c2[nH]ncc2C(=O)NCC(c2ccco2)N(C)C)cc1. The fraction of sp³-hybridized carbons (Fsp3) is 0.263. The Kier molecular flexibility index (Phi) is 5.38. The number of hydrogen-bond acceptors (Lipinski definition) is 5. The van der Waals surface area contributed by atoms with Crippen molar-refractivity contribution in [1.82, 2.24) is 20.4 Å². The number of nitrogens with one attached hydrogen (secondary N) is 2. The average molecular weight is 354 g/mol. The first kappa shape index (κ1) is 17.8. The molecule has 2 aromatic heterocycles. The van der Waals surface area contributed by atoms with Crippen LogP contribution in [-0.4, -0.2) is 48.8 Å². The summed E-state index contributed by atoms with van der Waals surface area (Å²) in [5.74, 6) is 1.37. The van der Waals surface area contributed by atoms with E-state index in [-0.39, 0.29) is 11.9 Å². The Balaban J connectivity index is 1.73. The van der Waals surface area contributed by atoms with Gasteiger partial charge in [-0.05, 0) is 50.5 Å². The molecular formula is C19H22N4O3. The van der Waals surface area contributed by atoms with E-state index >= 15 is 0 Å². The number of aromatic amines is 1. The molecule has 136 valence electrons. The monoisotopic (exact) mass is 354 g/mol. The summed E-state index contributed by atoms with van der Waals surface area (Å²) >= 11 is 0. The van der Waals surface area contributed by atoms with Gasteiger partial charge in [0.1, 0.15) is 11.5 Å². The zero-order valence-electron chi connectivity index (χ0n) is 15.0. The molecule has 7 nitrogen and oxygen atoms in total. The van der Waals surface area contributed by atoms with Gasteiger partial charge < -0.3 is 14.5 Å². The number of furan rings is 1. The van der Waals surface area contributed by atoms with Gasteiger partial charge in [0, 0.05) is 12.1 Å². The molecule has 3 rings (SSSR count). The number of H-pyrrole nitrogens is 1. The highest BCUT2D eigenvalue weighted by Crippen LogP contribution is 2.24. The molecule has 2 N–H and O–H groups in total. The third-order valence-electron chi connectivity index (χ3n) is 4.21. The Morgan fingerprint density at radius 3 is 2.69 bits per heavy atom. The molecule has 1 atom stereocenters. The number of hydrogen-bond donors (Lipinski definition) is 2. The molecule has 1 unspecified atom stereocenters. The molecular weight excluding hydrogens is 332 g/mol. The predicted octanol–water partition coefficient (Wildman–Crippen LogP) is 2.71. The van der Waals surface area contributed by atoms with Crippen LogP contribution in [0.4, 0.5) is 0 Å². The maximum Gasteiger partial charge on any atom is 0.255 e. The Bertz CT molecular complexity index is 838. The van der Waals surface area contributed by atoms with E-state index in [0.717, 1.165) is 17.1 Å². The molecule has 0 fully saturated rings. The van der Waals surface area contributed by atoms with Crippen molar-refractivity contribution in [3.63, 3.8) is 0 Å². The van der Waals surface area contributed by atoms with Crippen LogP contribution in [0.2, 0.25) is 0 Å². The normalized spacial score (nSPS) is 12.2. The van der Waals surface area contributed by atoms with Gasteiger partial charge >= 0.3 is 0 Å². The maximum absolute atomic E-state index is 12.7. The number of amides is 1. The van der Waals surface area contributed by atoms with E-state index in [4.69, 9.17) is 9.15 Å². The summed E-state index contributed by atoms with van der Waals surface area (Å²) in [4.78, 5) is 14.7. The van der Waals surface area contributed by atoms with Gasteiger partial charge in [-0.25, -0.2) is 0 Å². The second-order valence-corrected chi connectivity index (χ2v) is 6.09. The van der Waals surface area contributed by atoms with E-state index in [2.05, 4.69) is 15.5 Å². The van der Waals surface area contributed by atoms with Crippen molar-refractivity contribution < 1.29 is 13.9 Å². The second kappa shape index (κ2) is 7.88. The quantitative estimate of drug-likeness (QED) is 0.682. The van der Waals surface area contributed by atoms with Crippen LogP contribution in [0, 0.1) is 0 Å². The Morgan fingerprint density at radius 2 is 2.08 bits per heavy atom. The molecule has 0 spiro atoms. The largest absolute Gasteiger partial charge is 0.497 e. The van der Waals surface area contributed by atoms with Crippen molar-refractivity contribution in [1.29, 1.82) is 0 Å². The van der Waals surface area contributed by atoms with Crippen molar-refractivity contribution >= 4 is 5.91 Å². The van der Waals surface area contributed by atoms with Gasteiger partial charge in [-0.3, -0.25) is 14.8 Å². The van der Waals surface area contributed by atoms with Gasteiger partial charge in [0.05, 0.1) is 36.9 Å². The first-order chi connectivity index (χ1) is 12.6. The molecule has 1 amide bonds. The summed E-state index contributed by atoms with van der Waals surface area (Å²) in [6.07, 6.45) is 3.16. The molecule has 0 bridgehead atoms. The van der Waals surface area contributed by atoms with Gasteiger partial charge in [0.15, 0.2) is 0 Å². The molecule has 0 saturated carbocycles. The van der Waals surface area contributed by atoms with Crippen LogP contribution in [0.5, 0.6) is 5.75 Å². The van der Waals surface area contributed by atoms with Crippen molar-refractivity contribution in [3.05, 3.63) is 60.2 Å². The van der Waals surface area contributed by atoms with E-state index in [1.807, 2.05) is 55.4 Å². The number of carbonyl (C=O) groups excluding carboxylic acids is 1. The number of likely N-dealkylation sites (N-methyl/N-ethyl adjacent to an activating group) is 1. The fourth-order valence-electron chi connectivity index (χ4n) is 2.74. The third-order valence-corrected chi connectivity index (χ3v) is 4.21. The fourth-order valence-corrected chi connectivity index (χ4v) is 2.74. The smallest absolute Gasteiger partial charge is 0.255 e. The van der Waals surface area contributed by atoms with E-state index < -0.39 is 0 Å². The minimum atomic E-state index is -0.192. The van der Waals surface area contributed by atoms with Crippen molar-refractivity contribution in [2.45, 2.75) is 6.04 Å². The molecule has 0 aliphatic carbocycles. The first-order valence-electron chi connectivity index (χ1n) is 8.26. The van der Waals surface area contributed by atoms with Gasteiger partial charge in [0.25, 0.3) is 5.91 Å². The highest BCUT2D eigenvalue weighted by Gasteiger charge is 2.20. The number of methoxy groups -OCH3 is 1. The number of rotatable bonds is 7. The summed E-state index contributed by atoms with van der Waals surface area (Å²) in [5, 5.41) is 9.89. The number of ether oxygens (including phenoxy) is 1. The molecule has 26 heavy (non-hydrogen) atoms. The molecule has 0 aliphatic rings. The standard InChI is InChI=1S/C19H22N4O3/c1-23(2)16(17-5-4-10-26-17)12-20-19(24)15-11-21-22-18(15)13-6-8-14(25-3)9-7-13/h4-11,16H,12H2,1-3H3,(H,20,24)(H,21,22). The van der Waals surface area contributed by atoms with E-state index in [1.165, 1.54) is 6.20 Å². The molecule has 1 aromatic carbocycles.